The summed E-state index contributed by atoms with van der Waals surface area (Å²) in [7, 11) is 0. The molecule has 9 aromatic rings. The fourth-order valence-corrected chi connectivity index (χ4v) is 12.0. The molecule has 0 saturated heterocycles. The summed E-state index contributed by atoms with van der Waals surface area (Å²) in [6.07, 6.45) is 2.22. The minimum absolute atomic E-state index is 0.00322. The molecule has 1 aromatic heterocycles. The first-order valence-corrected chi connectivity index (χ1v) is 25.7. The maximum atomic E-state index is 7.45. The number of benzene rings is 8. The van der Waals surface area contributed by atoms with Crippen molar-refractivity contribution in [3.63, 3.8) is 0 Å². The maximum absolute atomic E-state index is 7.45. The van der Waals surface area contributed by atoms with E-state index in [9.17, 15) is 0 Å². The summed E-state index contributed by atoms with van der Waals surface area (Å²) in [5, 5.41) is 1.10. The van der Waals surface area contributed by atoms with Crippen LogP contribution < -0.4 is 31.3 Å². The van der Waals surface area contributed by atoms with E-state index in [4.69, 9.17) is 4.42 Å². The largest absolute Gasteiger partial charge is 0.468 e. The SMILES string of the molecule is CC(C)(C)c1ccc(N2c3cc(N(c4ccccc4)c4ccccc4)cc4c3B(c3ccc5c(c32)C(C)(C)CCC5(C)C)c2oc3ccccc3c2N4c2ccc(C(C)(C)C)cc2-c2ccccc2)cc1. The van der Waals surface area contributed by atoms with Gasteiger partial charge in [-0.05, 0) is 146 Å². The van der Waals surface area contributed by atoms with Crippen LogP contribution in [0.15, 0.2) is 186 Å². The summed E-state index contributed by atoms with van der Waals surface area (Å²) in [5.41, 5.74) is 22.2. The van der Waals surface area contributed by atoms with Crippen LogP contribution in [0.4, 0.5) is 51.2 Å². The van der Waals surface area contributed by atoms with E-state index in [2.05, 4.69) is 266 Å². The van der Waals surface area contributed by atoms with Crippen LogP contribution >= 0.6 is 0 Å². The van der Waals surface area contributed by atoms with E-state index < -0.39 is 0 Å². The van der Waals surface area contributed by atoms with Crippen molar-refractivity contribution in [2.24, 2.45) is 0 Å². The van der Waals surface area contributed by atoms with Crippen molar-refractivity contribution in [1.29, 1.82) is 0 Å². The first-order chi connectivity index (χ1) is 34.0. The fraction of sp³-hybridized carbons (Fsp3) is 0.242. The zero-order valence-electron chi connectivity index (χ0n) is 43.1. The van der Waals surface area contributed by atoms with Gasteiger partial charge in [0.15, 0.2) is 0 Å². The zero-order valence-corrected chi connectivity index (χ0v) is 43.1. The van der Waals surface area contributed by atoms with Crippen molar-refractivity contribution < 1.29 is 4.42 Å². The van der Waals surface area contributed by atoms with Gasteiger partial charge in [-0.3, -0.25) is 0 Å². The third-order valence-electron chi connectivity index (χ3n) is 16.0. The molecule has 1 aliphatic carbocycles. The number of fused-ring (bicyclic) bond motifs is 8. The van der Waals surface area contributed by atoms with Crippen molar-refractivity contribution in [2.75, 3.05) is 14.7 Å². The van der Waals surface area contributed by atoms with Gasteiger partial charge in [0.25, 0.3) is 6.71 Å². The Kier molecular flexibility index (Phi) is 10.2. The Morgan fingerprint density at radius 2 is 1.07 bits per heavy atom. The smallest absolute Gasteiger partial charge is 0.297 e. The lowest BCUT2D eigenvalue weighted by molar-refractivity contribution is 0.333. The number of para-hydroxylation sites is 3. The molecule has 4 nitrogen and oxygen atoms in total. The van der Waals surface area contributed by atoms with E-state index in [0.29, 0.717) is 0 Å². The van der Waals surface area contributed by atoms with Crippen LogP contribution in [0.25, 0.3) is 22.1 Å². The average Bonchev–Trinajstić information content (AvgIpc) is 3.75. The van der Waals surface area contributed by atoms with Crippen LogP contribution in [0.3, 0.4) is 0 Å². The molecular formula is C66H64BN3O. The van der Waals surface area contributed by atoms with Crippen molar-refractivity contribution in [3.8, 4) is 11.1 Å². The highest BCUT2D eigenvalue weighted by molar-refractivity contribution is 7.00. The lowest BCUT2D eigenvalue weighted by atomic mass is 9.35. The van der Waals surface area contributed by atoms with Crippen LogP contribution in [0.5, 0.6) is 0 Å². The molecule has 0 atom stereocenters. The third-order valence-corrected chi connectivity index (χ3v) is 16.0. The lowest BCUT2D eigenvalue weighted by Gasteiger charge is -2.49. The Morgan fingerprint density at radius 3 is 1.70 bits per heavy atom. The molecule has 0 radical (unpaired) electrons. The topological polar surface area (TPSA) is 22.9 Å². The van der Waals surface area contributed by atoms with E-state index in [-0.39, 0.29) is 28.4 Å². The van der Waals surface area contributed by atoms with Gasteiger partial charge >= 0.3 is 0 Å². The molecule has 3 heterocycles. The highest BCUT2D eigenvalue weighted by Crippen LogP contribution is 2.56. The predicted molar refractivity (Wildman–Crippen MR) is 303 cm³/mol. The third kappa shape index (κ3) is 7.25. The standard InChI is InChI=1S/C66H64BN3O/c1-63(2,3)44-30-33-48(34-31-44)69-55-41-49(68(46-24-16-12-17-25-46)47-26-18-13-19-27-47)42-56-59(55)67(53-36-35-52-58(61(53)69)66(9,10)39-38-65(52,7)8)62-60(50-28-20-21-29-57(50)71-62)70(56)54-37-32-45(64(4,5)6)40-51(54)43-22-14-11-15-23-43/h11-37,40-42H,38-39H2,1-10H3. The quantitative estimate of drug-likeness (QED) is 0.155. The number of nitrogens with zero attached hydrogens (tertiary/aromatic N) is 3. The highest BCUT2D eigenvalue weighted by atomic mass is 16.3. The molecule has 0 amide bonds. The minimum atomic E-state index is -0.199. The first kappa shape index (κ1) is 44.9. The number of rotatable bonds is 6. The molecule has 0 saturated carbocycles. The van der Waals surface area contributed by atoms with E-state index in [0.717, 1.165) is 75.0 Å². The van der Waals surface area contributed by atoms with Gasteiger partial charge in [0.1, 0.15) is 5.58 Å². The molecule has 0 spiro atoms. The second-order valence-corrected chi connectivity index (χ2v) is 23.7. The van der Waals surface area contributed by atoms with Crippen molar-refractivity contribution >= 4 is 85.5 Å². The Morgan fingerprint density at radius 1 is 0.507 bits per heavy atom. The molecule has 2 aliphatic heterocycles. The van der Waals surface area contributed by atoms with Gasteiger partial charge in [0.05, 0.1) is 22.7 Å². The fourth-order valence-electron chi connectivity index (χ4n) is 12.0. The molecule has 71 heavy (non-hydrogen) atoms. The number of furan rings is 1. The molecule has 0 N–H and O–H groups in total. The van der Waals surface area contributed by atoms with E-state index in [1.807, 2.05) is 0 Å². The summed E-state index contributed by atoms with van der Waals surface area (Å²) < 4.78 is 7.45. The van der Waals surface area contributed by atoms with Crippen molar-refractivity contribution in [1.82, 2.24) is 0 Å². The molecular weight excluding hydrogens is 862 g/mol. The zero-order chi connectivity index (χ0) is 49.2. The monoisotopic (exact) mass is 926 g/mol. The average molecular weight is 926 g/mol. The van der Waals surface area contributed by atoms with Gasteiger partial charge in [0.2, 0.25) is 0 Å². The molecule has 5 heteroatoms. The summed E-state index contributed by atoms with van der Waals surface area (Å²) in [5.74, 6) is 0. The Balaban J connectivity index is 1.27. The van der Waals surface area contributed by atoms with Crippen LogP contribution in [-0.4, -0.2) is 6.71 Å². The van der Waals surface area contributed by atoms with Gasteiger partial charge < -0.3 is 19.1 Å². The molecule has 0 unspecified atom stereocenters. The first-order valence-electron chi connectivity index (χ1n) is 25.7. The number of anilines is 9. The molecule has 3 aliphatic rings. The van der Waals surface area contributed by atoms with Gasteiger partial charge in [-0.15, -0.1) is 0 Å². The van der Waals surface area contributed by atoms with Crippen LogP contribution in [-0.2, 0) is 21.7 Å². The Hall–Kier alpha value is -7.24. The Labute approximate surface area is 421 Å². The molecule has 0 bridgehead atoms. The van der Waals surface area contributed by atoms with E-state index >= 15 is 0 Å². The normalized spacial score (nSPS) is 15.5. The molecule has 352 valence electrons. The van der Waals surface area contributed by atoms with E-state index in [1.54, 1.807) is 0 Å². The highest BCUT2D eigenvalue weighted by Gasteiger charge is 2.51. The molecule has 12 rings (SSSR count). The second kappa shape index (κ2) is 16.1. The van der Waals surface area contributed by atoms with E-state index in [1.165, 1.54) is 50.0 Å². The van der Waals surface area contributed by atoms with Gasteiger partial charge in [-0.1, -0.05) is 178 Å². The number of hydrogen-bond donors (Lipinski definition) is 0. The summed E-state index contributed by atoms with van der Waals surface area (Å²) in [4.78, 5) is 7.67. The summed E-state index contributed by atoms with van der Waals surface area (Å²) >= 11 is 0. The van der Waals surface area contributed by atoms with Gasteiger partial charge in [0, 0.05) is 45.1 Å². The lowest BCUT2D eigenvalue weighted by Crippen LogP contribution is -2.61. The number of hydrogen-bond acceptors (Lipinski definition) is 4. The predicted octanol–water partition coefficient (Wildman–Crippen LogP) is 16.6. The summed E-state index contributed by atoms with van der Waals surface area (Å²) in [6, 6.07) is 68.0. The van der Waals surface area contributed by atoms with Gasteiger partial charge in [-0.2, -0.15) is 0 Å². The van der Waals surface area contributed by atoms with Gasteiger partial charge in [-0.25, -0.2) is 0 Å². The van der Waals surface area contributed by atoms with Crippen molar-refractivity contribution in [3.05, 3.63) is 204 Å². The minimum Gasteiger partial charge on any atom is -0.468 e. The van der Waals surface area contributed by atoms with Crippen LogP contribution in [0.1, 0.15) is 104 Å². The van der Waals surface area contributed by atoms with Crippen LogP contribution in [0.2, 0.25) is 0 Å². The summed E-state index contributed by atoms with van der Waals surface area (Å²) in [6.45, 7) is 23.5. The second-order valence-electron chi connectivity index (χ2n) is 23.7. The molecule has 8 aromatic carbocycles. The molecule has 0 fully saturated rings. The Bertz CT molecular complexity index is 3460. The maximum Gasteiger partial charge on any atom is 0.297 e. The van der Waals surface area contributed by atoms with Crippen molar-refractivity contribution in [2.45, 2.75) is 104 Å². The van der Waals surface area contributed by atoms with Crippen LogP contribution in [0, 0.1) is 0 Å².